The first-order chi connectivity index (χ1) is 7.66. The van der Waals surface area contributed by atoms with Crippen LogP contribution >= 0.6 is 0 Å². The molecule has 90 valence electrons. The minimum absolute atomic E-state index is 0.00754. The Labute approximate surface area is 94.3 Å². The first kappa shape index (κ1) is 11.6. The fraction of sp³-hybridized carbons (Fsp3) is 0.750. The zero-order valence-electron chi connectivity index (χ0n) is 9.29. The number of carbonyl (C=O) groups is 1. The van der Waals surface area contributed by atoms with Gasteiger partial charge >= 0.3 is 0 Å². The molecule has 4 heteroatoms. The van der Waals surface area contributed by atoms with E-state index in [0.29, 0.717) is 13.1 Å². The fourth-order valence-corrected chi connectivity index (χ4v) is 2.37. The normalized spacial score (nSPS) is 21.9. The molecule has 1 fully saturated rings. The number of allylic oxidation sites excluding steroid dienone is 1. The van der Waals surface area contributed by atoms with Crippen LogP contribution in [0.4, 0.5) is 8.78 Å². The third-order valence-corrected chi connectivity index (χ3v) is 3.32. The molecule has 1 saturated heterocycles. The first-order valence-corrected chi connectivity index (χ1v) is 5.93. The van der Waals surface area contributed by atoms with Crippen molar-refractivity contribution in [1.82, 2.24) is 4.90 Å². The lowest BCUT2D eigenvalue weighted by Crippen LogP contribution is -2.51. The van der Waals surface area contributed by atoms with Gasteiger partial charge in [-0.3, -0.25) is 4.79 Å². The maximum absolute atomic E-state index is 12.1. The maximum atomic E-state index is 12.1. The predicted molar refractivity (Wildman–Crippen MR) is 57.2 cm³/mol. The molecule has 0 radical (unpaired) electrons. The summed E-state index contributed by atoms with van der Waals surface area (Å²) < 4.78 is 24.1. The third-order valence-electron chi connectivity index (χ3n) is 3.32. The van der Waals surface area contributed by atoms with Crippen LogP contribution in [-0.4, -0.2) is 30.3 Å². The summed E-state index contributed by atoms with van der Waals surface area (Å²) in [6.07, 6.45) is 3.77. The number of amides is 1. The van der Waals surface area contributed by atoms with E-state index in [-0.39, 0.29) is 18.2 Å². The Kier molecular flexibility index (Phi) is 3.56. The monoisotopic (exact) mass is 229 g/mol. The summed E-state index contributed by atoms with van der Waals surface area (Å²) >= 11 is 0. The van der Waals surface area contributed by atoms with Crippen molar-refractivity contribution in [2.45, 2.75) is 38.5 Å². The number of nitrogens with zero attached hydrogens (tertiary/aromatic N) is 1. The molecule has 0 aromatic rings. The van der Waals surface area contributed by atoms with E-state index in [0.717, 1.165) is 31.3 Å². The molecule has 0 saturated carbocycles. The maximum Gasteiger partial charge on any atom is 0.249 e. The highest BCUT2D eigenvalue weighted by Gasteiger charge is 2.33. The van der Waals surface area contributed by atoms with Gasteiger partial charge in [0, 0.05) is 25.1 Å². The summed E-state index contributed by atoms with van der Waals surface area (Å²) in [7, 11) is 0. The molecule has 1 aliphatic carbocycles. The zero-order chi connectivity index (χ0) is 11.5. The molecular formula is C12H17F2NO. The van der Waals surface area contributed by atoms with E-state index in [1.54, 1.807) is 4.90 Å². The predicted octanol–water partition coefficient (Wildman–Crippen LogP) is 2.60. The van der Waals surface area contributed by atoms with Gasteiger partial charge in [-0.2, -0.15) is 0 Å². The van der Waals surface area contributed by atoms with Gasteiger partial charge in [-0.05, 0) is 31.6 Å². The Morgan fingerprint density at radius 3 is 2.75 bits per heavy atom. The molecule has 1 amide bonds. The van der Waals surface area contributed by atoms with Crippen molar-refractivity contribution in [3.63, 3.8) is 0 Å². The van der Waals surface area contributed by atoms with Crippen LogP contribution in [0.5, 0.6) is 0 Å². The number of hydrogen-bond acceptors (Lipinski definition) is 1. The zero-order valence-corrected chi connectivity index (χ0v) is 9.29. The average Bonchev–Trinajstić information content (AvgIpc) is 2.23. The topological polar surface area (TPSA) is 20.3 Å². The highest BCUT2D eigenvalue weighted by atomic mass is 19.3. The molecule has 2 rings (SSSR count). The highest BCUT2D eigenvalue weighted by Crippen LogP contribution is 2.26. The molecule has 0 unspecified atom stereocenters. The minimum atomic E-state index is -2.24. The average molecular weight is 229 g/mol. The Balaban J connectivity index is 1.78. The van der Waals surface area contributed by atoms with Crippen LogP contribution in [0.25, 0.3) is 0 Å². The van der Waals surface area contributed by atoms with Crippen LogP contribution in [-0.2, 0) is 4.79 Å². The van der Waals surface area contributed by atoms with Crippen LogP contribution in [0, 0.1) is 5.92 Å². The van der Waals surface area contributed by atoms with Gasteiger partial charge in [0.05, 0.1) is 0 Å². The van der Waals surface area contributed by atoms with Gasteiger partial charge < -0.3 is 4.90 Å². The molecule has 16 heavy (non-hydrogen) atoms. The Morgan fingerprint density at radius 1 is 1.44 bits per heavy atom. The summed E-state index contributed by atoms with van der Waals surface area (Å²) in [5, 5.41) is 0. The highest BCUT2D eigenvalue weighted by molar-refractivity contribution is 5.94. The standard InChI is InChI=1S/C12H17F2NO/c13-11(14)6-9-7-15(8-9)12(16)10-4-2-1-3-5-10/h4,9,11H,1-3,5-8H2. The second-order valence-corrected chi connectivity index (χ2v) is 4.68. The van der Waals surface area contributed by atoms with Gasteiger partial charge in [-0.25, -0.2) is 8.78 Å². The summed E-state index contributed by atoms with van der Waals surface area (Å²) in [6, 6.07) is 0. The van der Waals surface area contributed by atoms with E-state index in [1.807, 2.05) is 6.08 Å². The van der Waals surface area contributed by atoms with E-state index in [2.05, 4.69) is 0 Å². The van der Waals surface area contributed by atoms with E-state index in [1.165, 1.54) is 0 Å². The van der Waals surface area contributed by atoms with Crippen molar-refractivity contribution >= 4 is 5.91 Å². The molecule has 2 nitrogen and oxygen atoms in total. The molecule has 0 bridgehead atoms. The molecule has 1 aliphatic heterocycles. The van der Waals surface area contributed by atoms with Crippen LogP contribution in [0.15, 0.2) is 11.6 Å². The lowest BCUT2D eigenvalue weighted by atomic mass is 9.93. The lowest BCUT2D eigenvalue weighted by molar-refractivity contribution is -0.134. The fourth-order valence-electron chi connectivity index (χ4n) is 2.37. The second kappa shape index (κ2) is 4.93. The van der Waals surface area contributed by atoms with Gasteiger partial charge in [0.15, 0.2) is 0 Å². The minimum Gasteiger partial charge on any atom is -0.338 e. The van der Waals surface area contributed by atoms with Crippen LogP contribution in [0.2, 0.25) is 0 Å². The number of halogens is 2. The van der Waals surface area contributed by atoms with Gasteiger partial charge in [0.1, 0.15) is 0 Å². The molecule has 2 aliphatic rings. The smallest absolute Gasteiger partial charge is 0.249 e. The molecule has 0 N–H and O–H groups in total. The van der Waals surface area contributed by atoms with E-state index >= 15 is 0 Å². The SMILES string of the molecule is O=C(C1=CCCCC1)N1CC(CC(F)F)C1. The van der Waals surface area contributed by atoms with E-state index in [9.17, 15) is 13.6 Å². The summed E-state index contributed by atoms with van der Waals surface area (Å²) in [5.74, 6) is 0.0818. The Bertz CT molecular complexity index is 295. The van der Waals surface area contributed by atoms with Gasteiger partial charge in [0.25, 0.3) is 0 Å². The summed E-state index contributed by atoms with van der Waals surface area (Å²) in [4.78, 5) is 13.6. The van der Waals surface area contributed by atoms with Crippen LogP contribution in [0.1, 0.15) is 32.1 Å². The third kappa shape index (κ3) is 2.60. The largest absolute Gasteiger partial charge is 0.338 e. The lowest BCUT2D eigenvalue weighted by Gasteiger charge is -2.40. The van der Waals surface area contributed by atoms with Crippen LogP contribution < -0.4 is 0 Å². The second-order valence-electron chi connectivity index (χ2n) is 4.68. The number of alkyl halides is 2. The molecule has 0 spiro atoms. The number of carbonyl (C=O) groups excluding carboxylic acids is 1. The molecule has 1 heterocycles. The van der Waals surface area contributed by atoms with Gasteiger partial charge in [0.2, 0.25) is 12.3 Å². The number of rotatable bonds is 3. The molecular weight excluding hydrogens is 212 g/mol. The molecule has 0 atom stereocenters. The first-order valence-electron chi connectivity index (χ1n) is 5.93. The number of likely N-dealkylation sites (tertiary alicyclic amines) is 1. The van der Waals surface area contributed by atoms with E-state index < -0.39 is 6.43 Å². The van der Waals surface area contributed by atoms with Crippen molar-refractivity contribution < 1.29 is 13.6 Å². The summed E-state index contributed by atoms with van der Waals surface area (Å²) in [5.41, 5.74) is 0.891. The van der Waals surface area contributed by atoms with Crippen LogP contribution in [0.3, 0.4) is 0 Å². The number of hydrogen-bond donors (Lipinski definition) is 0. The Morgan fingerprint density at radius 2 is 2.19 bits per heavy atom. The van der Waals surface area contributed by atoms with Gasteiger partial charge in [-0.15, -0.1) is 0 Å². The summed E-state index contributed by atoms with van der Waals surface area (Å²) in [6.45, 7) is 1.03. The van der Waals surface area contributed by atoms with E-state index in [4.69, 9.17) is 0 Å². The Hall–Kier alpha value is -0.930. The van der Waals surface area contributed by atoms with Crippen molar-refractivity contribution in [2.24, 2.45) is 5.92 Å². The molecule has 0 aromatic heterocycles. The van der Waals surface area contributed by atoms with Crippen molar-refractivity contribution in [2.75, 3.05) is 13.1 Å². The molecule has 0 aromatic carbocycles. The van der Waals surface area contributed by atoms with Gasteiger partial charge in [-0.1, -0.05) is 6.08 Å². The quantitative estimate of drug-likeness (QED) is 0.728. The van der Waals surface area contributed by atoms with Crippen molar-refractivity contribution in [3.8, 4) is 0 Å². The van der Waals surface area contributed by atoms with Crippen molar-refractivity contribution in [3.05, 3.63) is 11.6 Å². The van der Waals surface area contributed by atoms with Crippen molar-refractivity contribution in [1.29, 1.82) is 0 Å².